The number of rotatable bonds is 7. The van der Waals surface area contributed by atoms with Crippen LogP contribution in [0.1, 0.15) is 19.3 Å². The van der Waals surface area contributed by atoms with Crippen LogP contribution >= 0.6 is 0 Å². The van der Waals surface area contributed by atoms with Gasteiger partial charge in [0.15, 0.2) is 0 Å². The first-order chi connectivity index (χ1) is 9.62. The summed E-state index contributed by atoms with van der Waals surface area (Å²) in [6.45, 7) is 3.77. The molecule has 1 fully saturated rings. The highest BCUT2D eigenvalue weighted by atomic mass is 32.2. The maximum Gasteiger partial charge on any atom is 0.240 e. The molecule has 1 aliphatic heterocycles. The molecule has 0 saturated carbocycles. The van der Waals surface area contributed by atoms with Gasteiger partial charge in [0.05, 0.1) is 4.90 Å². The van der Waals surface area contributed by atoms with E-state index in [1.165, 1.54) is 12.8 Å². The van der Waals surface area contributed by atoms with Crippen LogP contribution in [0.5, 0.6) is 0 Å². The number of nitrogens with zero attached hydrogens (tertiary/aromatic N) is 1. The summed E-state index contributed by atoms with van der Waals surface area (Å²) in [4.78, 5) is 2.70. The highest BCUT2D eigenvalue weighted by Crippen LogP contribution is 2.13. The zero-order valence-corrected chi connectivity index (χ0v) is 12.7. The Morgan fingerprint density at radius 2 is 1.80 bits per heavy atom. The van der Waals surface area contributed by atoms with E-state index in [-0.39, 0.29) is 0 Å². The molecule has 0 amide bonds. The van der Waals surface area contributed by atoms with Gasteiger partial charge in [0.25, 0.3) is 0 Å². The molecule has 0 aliphatic carbocycles. The molecule has 20 heavy (non-hydrogen) atoms. The van der Waals surface area contributed by atoms with E-state index in [0.29, 0.717) is 11.4 Å². The van der Waals surface area contributed by atoms with E-state index < -0.39 is 10.0 Å². The third kappa shape index (κ3) is 4.19. The SMILES string of the molecule is CNc1ccc(S(=O)(=O)NCCCN2CCCC2)cc1. The van der Waals surface area contributed by atoms with Crippen LogP contribution in [0.3, 0.4) is 0 Å². The number of likely N-dealkylation sites (tertiary alicyclic amines) is 1. The molecular formula is C14H23N3O2S. The predicted octanol–water partition coefficient (Wildman–Crippen LogP) is 1.49. The van der Waals surface area contributed by atoms with Gasteiger partial charge in [-0.1, -0.05) is 0 Å². The second kappa shape index (κ2) is 7.06. The summed E-state index contributed by atoms with van der Waals surface area (Å²) < 4.78 is 26.8. The fraction of sp³-hybridized carbons (Fsp3) is 0.571. The van der Waals surface area contributed by atoms with E-state index in [1.807, 2.05) is 0 Å². The molecule has 0 unspecified atom stereocenters. The number of benzene rings is 1. The molecule has 112 valence electrons. The molecule has 6 heteroatoms. The first kappa shape index (κ1) is 15.3. The lowest BCUT2D eigenvalue weighted by molar-refractivity contribution is 0.334. The Labute approximate surface area is 121 Å². The van der Waals surface area contributed by atoms with Crippen LogP contribution in [0.4, 0.5) is 5.69 Å². The van der Waals surface area contributed by atoms with Crippen molar-refractivity contribution in [2.45, 2.75) is 24.2 Å². The van der Waals surface area contributed by atoms with Crippen LogP contribution < -0.4 is 10.0 Å². The minimum atomic E-state index is -3.38. The van der Waals surface area contributed by atoms with Crippen LogP contribution in [-0.4, -0.2) is 46.5 Å². The van der Waals surface area contributed by atoms with Crippen LogP contribution in [0, 0.1) is 0 Å². The summed E-state index contributed by atoms with van der Waals surface area (Å²) in [7, 11) is -1.57. The molecular weight excluding hydrogens is 274 g/mol. The van der Waals surface area contributed by atoms with Crippen molar-refractivity contribution in [2.24, 2.45) is 0 Å². The van der Waals surface area contributed by atoms with Crippen molar-refractivity contribution in [3.8, 4) is 0 Å². The third-order valence-electron chi connectivity index (χ3n) is 3.60. The maximum atomic E-state index is 12.1. The smallest absolute Gasteiger partial charge is 0.240 e. The Morgan fingerprint density at radius 3 is 2.40 bits per heavy atom. The fourth-order valence-corrected chi connectivity index (χ4v) is 3.47. The second-order valence-electron chi connectivity index (χ2n) is 5.07. The number of sulfonamides is 1. The summed E-state index contributed by atoms with van der Waals surface area (Å²) in [5.74, 6) is 0. The summed E-state index contributed by atoms with van der Waals surface area (Å²) in [5, 5.41) is 2.97. The van der Waals surface area contributed by atoms with Crippen LogP contribution in [0.2, 0.25) is 0 Å². The number of anilines is 1. The zero-order valence-electron chi connectivity index (χ0n) is 11.9. The van der Waals surface area contributed by atoms with Crippen LogP contribution in [0.15, 0.2) is 29.2 Å². The zero-order chi connectivity index (χ0) is 14.4. The van der Waals surface area contributed by atoms with Crippen LogP contribution in [0.25, 0.3) is 0 Å². The summed E-state index contributed by atoms with van der Waals surface area (Å²) in [5.41, 5.74) is 0.901. The van der Waals surface area contributed by atoms with Crippen molar-refractivity contribution in [3.63, 3.8) is 0 Å². The summed E-state index contributed by atoms with van der Waals surface area (Å²) in [6, 6.07) is 6.76. The monoisotopic (exact) mass is 297 g/mol. The van der Waals surface area contributed by atoms with E-state index in [2.05, 4.69) is 14.9 Å². The molecule has 1 saturated heterocycles. The maximum absolute atomic E-state index is 12.1. The van der Waals surface area contributed by atoms with Gasteiger partial charge in [-0.3, -0.25) is 0 Å². The molecule has 1 aromatic carbocycles. The quantitative estimate of drug-likeness (QED) is 0.749. The average Bonchev–Trinajstić information content (AvgIpc) is 2.97. The lowest BCUT2D eigenvalue weighted by Crippen LogP contribution is -2.28. The van der Waals surface area contributed by atoms with E-state index in [4.69, 9.17) is 0 Å². The molecule has 0 bridgehead atoms. The van der Waals surface area contributed by atoms with Gasteiger partial charge in [-0.15, -0.1) is 0 Å². The highest BCUT2D eigenvalue weighted by molar-refractivity contribution is 7.89. The third-order valence-corrected chi connectivity index (χ3v) is 5.07. The van der Waals surface area contributed by atoms with Crippen LogP contribution in [-0.2, 0) is 10.0 Å². The topological polar surface area (TPSA) is 61.4 Å². The molecule has 1 heterocycles. The molecule has 1 aromatic rings. The normalized spacial score (nSPS) is 16.4. The van der Waals surface area contributed by atoms with Gasteiger partial charge in [0.2, 0.25) is 10.0 Å². The molecule has 5 nitrogen and oxygen atoms in total. The second-order valence-corrected chi connectivity index (χ2v) is 6.84. The average molecular weight is 297 g/mol. The fourth-order valence-electron chi connectivity index (χ4n) is 2.40. The largest absolute Gasteiger partial charge is 0.388 e. The van der Waals surface area contributed by atoms with Crippen molar-refractivity contribution >= 4 is 15.7 Å². The highest BCUT2D eigenvalue weighted by Gasteiger charge is 2.14. The Hall–Kier alpha value is -1.11. The Bertz CT molecular complexity index is 508. The Morgan fingerprint density at radius 1 is 1.15 bits per heavy atom. The molecule has 0 spiro atoms. The van der Waals surface area contributed by atoms with Gasteiger partial charge >= 0.3 is 0 Å². The molecule has 2 N–H and O–H groups in total. The minimum absolute atomic E-state index is 0.317. The Kier molecular flexibility index (Phi) is 5.39. The molecule has 0 radical (unpaired) electrons. The Balaban J connectivity index is 1.80. The van der Waals surface area contributed by atoms with Crippen molar-refractivity contribution < 1.29 is 8.42 Å². The molecule has 0 aromatic heterocycles. The van der Waals surface area contributed by atoms with Gasteiger partial charge in [-0.05, 0) is 63.2 Å². The van der Waals surface area contributed by atoms with Crippen molar-refractivity contribution in [3.05, 3.63) is 24.3 Å². The van der Waals surface area contributed by atoms with Gasteiger partial charge in [-0.25, -0.2) is 13.1 Å². The lowest BCUT2D eigenvalue weighted by Gasteiger charge is -2.14. The van der Waals surface area contributed by atoms with Gasteiger partial charge in [0, 0.05) is 19.3 Å². The van der Waals surface area contributed by atoms with Gasteiger partial charge in [-0.2, -0.15) is 0 Å². The first-order valence-electron chi connectivity index (χ1n) is 7.12. The van der Waals surface area contributed by atoms with Crippen molar-refractivity contribution in [1.82, 2.24) is 9.62 Å². The number of nitrogens with one attached hydrogen (secondary N) is 2. The lowest BCUT2D eigenvalue weighted by atomic mass is 10.3. The van der Waals surface area contributed by atoms with E-state index in [1.54, 1.807) is 31.3 Å². The van der Waals surface area contributed by atoms with Gasteiger partial charge < -0.3 is 10.2 Å². The molecule has 2 rings (SSSR count). The van der Waals surface area contributed by atoms with Crippen molar-refractivity contribution in [1.29, 1.82) is 0 Å². The minimum Gasteiger partial charge on any atom is -0.388 e. The van der Waals surface area contributed by atoms with E-state index >= 15 is 0 Å². The van der Waals surface area contributed by atoms with E-state index in [9.17, 15) is 8.42 Å². The summed E-state index contributed by atoms with van der Waals surface area (Å²) in [6.07, 6.45) is 3.39. The predicted molar refractivity (Wildman–Crippen MR) is 81.5 cm³/mol. The van der Waals surface area contributed by atoms with Crippen molar-refractivity contribution in [2.75, 3.05) is 38.5 Å². The summed E-state index contributed by atoms with van der Waals surface area (Å²) >= 11 is 0. The van der Waals surface area contributed by atoms with E-state index in [0.717, 1.165) is 31.7 Å². The standard InChI is InChI=1S/C14H23N3O2S/c1-15-13-5-7-14(8-6-13)20(18,19)16-9-4-12-17-10-2-3-11-17/h5-8,15-16H,2-4,9-12H2,1H3. The molecule has 0 atom stereocenters. The molecule has 1 aliphatic rings. The number of hydrogen-bond acceptors (Lipinski definition) is 4. The first-order valence-corrected chi connectivity index (χ1v) is 8.60. The number of hydrogen-bond donors (Lipinski definition) is 2. The van der Waals surface area contributed by atoms with Gasteiger partial charge in [0.1, 0.15) is 0 Å².